The summed E-state index contributed by atoms with van der Waals surface area (Å²) in [5.74, 6) is 2.90. The average molecular weight is 252 g/mol. The molecule has 0 radical (unpaired) electrons. The van der Waals surface area contributed by atoms with Gasteiger partial charge in [0, 0.05) is 6.54 Å². The lowest BCUT2D eigenvalue weighted by molar-refractivity contribution is 0.0935. The van der Waals surface area contributed by atoms with Crippen LogP contribution in [0.5, 0.6) is 0 Å². The minimum atomic E-state index is 0.828. The van der Waals surface area contributed by atoms with Crippen LogP contribution in [-0.2, 0) is 0 Å². The summed E-state index contributed by atoms with van der Waals surface area (Å²) in [7, 11) is 0. The van der Waals surface area contributed by atoms with Crippen molar-refractivity contribution in [2.45, 2.75) is 46.5 Å². The highest BCUT2D eigenvalue weighted by molar-refractivity contribution is 4.82. The van der Waals surface area contributed by atoms with Gasteiger partial charge in [-0.15, -0.1) is 0 Å². The zero-order valence-corrected chi connectivity index (χ0v) is 12.7. The van der Waals surface area contributed by atoms with E-state index in [1.54, 1.807) is 0 Å². The van der Waals surface area contributed by atoms with E-state index in [1.807, 2.05) is 0 Å². The smallest absolute Gasteiger partial charge is 0.000439 e. The Balaban J connectivity index is 1.70. The van der Waals surface area contributed by atoms with E-state index in [9.17, 15) is 0 Å². The van der Waals surface area contributed by atoms with E-state index < -0.39 is 0 Å². The molecule has 18 heavy (non-hydrogen) atoms. The van der Waals surface area contributed by atoms with E-state index in [0.717, 1.165) is 17.8 Å². The van der Waals surface area contributed by atoms with E-state index in [-0.39, 0.29) is 0 Å². The van der Waals surface area contributed by atoms with Crippen molar-refractivity contribution in [2.75, 3.05) is 39.3 Å². The first-order chi connectivity index (χ1) is 8.69. The second-order valence-electron chi connectivity index (χ2n) is 6.80. The van der Waals surface area contributed by atoms with Crippen molar-refractivity contribution >= 4 is 0 Å². The highest BCUT2D eigenvalue weighted by Crippen LogP contribution is 2.32. The molecule has 0 aromatic rings. The Labute approximate surface area is 114 Å². The summed E-state index contributed by atoms with van der Waals surface area (Å²) in [5, 5.41) is 0. The Bertz CT molecular complexity index is 223. The third-order valence-corrected chi connectivity index (χ3v) is 5.00. The van der Waals surface area contributed by atoms with Gasteiger partial charge in [0.05, 0.1) is 0 Å². The van der Waals surface area contributed by atoms with Gasteiger partial charge in [-0.2, -0.15) is 0 Å². The van der Waals surface area contributed by atoms with Crippen LogP contribution in [-0.4, -0.2) is 49.1 Å². The first-order valence-corrected chi connectivity index (χ1v) is 8.13. The zero-order valence-electron chi connectivity index (χ0n) is 12.7. The molecule has 0 unspecified atom stereocenters. The van der Waals surface area contributed by atoms with E-state index >= 15 is 0 Å². The van der Waals surface area contributed by atoms with E-state index in [2.05, 4.69) is 30.6 Å². The topological polar surface area (TPSA) is 6.48 Å². The maximum Gasteiger partial charge on any atom is 0.000439 e. The molecule has 0 N–H and O–H groups in total. The molecule has 0 spiro atoms. The lowest BCUT2D eigenvalue weighted by Gasteiger charge is -2.40. The molecule has 2 saturated heterocycles. The second-order valence-corrected chi connectivity index (χ2v) is 6.80. The number of rotatable bonds is 4. The van der Waals surface area contributed by atoms with Crippen LogP contribution in [0.2, 0.25) is 0 Å². The molecule has 0 saturated carbocycles. The van der Waals surface area contributed by atoms with E-state index in [0.29, 0.717) is 0 Å². The first kappa shape index (κ1) is 14.3. The van der Waals surface area contributed by atoms with Crippen LogP contribution in [0.25, 0.3) is 0 Å². The summed E-state index contributed by atoms with van der Waals surface area (Å²) < 4.78 is 0. The molecule has 2 aliphatic heterocycles. The largest absolute Gasteiger partial charge is 0.304 e. The highest BCUT2D eigenvalue weighted by Gasteiger charge is 2.29. The molecule has 2 heteroatoms. The lowest BCUT2D eigenvalue weighted by atomic mass is 9.78. The molecule has 0 atom stereocenters. The van der Waals surface area contributed by atoms with Crippen LogP contribution in [0.4, 0.5) is 0 Å². The number of hydrogen-bond acceptors (Lipinski definition) is 2. The Kier molecular flexibility index (Phi) is 5.50. The van der Waals surface area contributed by atoms with Crippen LogP contribution >= 0.6 is 0 Å². The van der Waals surface area contributed by atoms with Gasteiger partial charge in [-0.3, -0.25) is 0 Å². The zero-order chi connectivity index (χ0) is 13.0. The van der Waals surface area contributed by atoms with Gasteiger partial charge in [0.2, 0.25) is 0 Å². The van der Waals surface area contributed by atoms with Crippen LogP contribution in [0.1, 0.15) is 46.5 Å². The molecule has 2 rings (SSSR count). The van der Waals surface area contributed by atoms with Crippen LogP contribution in [0, 0.1) is 17.8 Å². The molecule has 2 heterocycles. The molecular formula is C16H32N2. The Morgan fingerprint density at radius 1 is 0.833 bits per heavy atom. The highest BCUT2D eigenvalue weighted by atomic mass is 15.1. The minimum absolute atomic E-state index is 0.828. The molecule has 0 bridgehead atoms. The van der Waals surface area contributed by atoms with Gasteiger partial charge in [-0.25, -0.2) is 0 Å². The summed E-state index contributed by atoms with van der Waals surface area (Å²) in [6.45, 7) is 15.0. The van der Waals surface area contributed by atoms with Gasteiger partial charge in [-0.1, -0.05) is 20.8 Å². The molecule has 2 fully saturated rings. The second kappa shape index (κ2) is 6.91. The van der Waals surface area contributed by atoms with Gasteiger partial charge in [-0.05, 0) is 76.2 Å². The quantitative estimate of drug-likeness (QED) is 0.758. The van der Waals surface area contributed by atoms with Crippen LogP contribution in [0.15, 0.2) is 0 Å². The molecule has 0 aliphatic carbocycles. The fourth-order valence-electron chi connectivity index (χ4n) is 3.86. The summed E-state index contributed by atoms with van der Waals surface area (Å²) in [6.07, 6.45) is 5.85. The monoisotopic (exact) mass is 252 g/mol. The predicted octanol–water partition coefficient (Wildman–Crippen LogP) is 3.09. The molecular weight excluding hydrogens is 220 g/mol. The molecule has 0 aromatic carbocycles. The van der Waals surface area contributed by atoms with Crippen molar-refractivity contribution in [3.63, 3.8) is 0 Å². The Hall–Kier alpha value is -0.0800. The Morgan fingerprint density at radius 2 is 1.28 bits per heavy atom. The van der Waals surface area contributed by atoms with Crippen molar-refractivity contribution in [3.8, 4) is 0 Å². The summed E-state index contributed by atoms with van der Waals surface area (Å²) in [6, 6.07) is 0. The lowest BCUT2D eigenvalue weighted by Crippen LogP contribution is -2.41. The van der Waals surface area contributed by atoms with E-state index in [1.165, 1.54) is 65.0 Å². The van der Waals surface area contributed by atoms with Crippen molar-refractivity contribution in [1.29, 1.82) is 0 Å². The molecule has 106 valence electrons. The normalized spacial score (nSPS) is 26.0. The fraction of sp³-hybridized carbons (Fsp3) is 1.00. The van der Waals surface area contributed by atoms with Crippen molar-refractivity contribution < 1.29 is 0 Å². The summed E-state index contributed by atoms with van der Waals surface area (Å²) >= 11 is 0. The Morgan fingerprint density at radius 3 is 1.67 bits per heavy atom. The average Bonchev–Trinajstić information content (AvgIpc) is 2.39. The van der Waals surface area contributed by atoms with E-state index in [4.69, 9.17) is 0 Å². The molecule has 0 aromatic heterocycles. The van der Waals surface area contributed by atoms with Crippen LogP contribution in [0.3, 0.4) is 0 Å². The first-order valence-electron chi connectivity index (χ1n) is 8.13. The molecule has 0 amide bonds. The standard InChI is InChI=1S/C16H32N2/c1-4-17-9-5-15(6-10-17)16-7-11-18(12-8-16)13-14(2)3/h14-16H,4-13H2,1-3H3. The van der Waals surface area contributed by atoms with Gasteiger partial charge < -0.3 is 9.80 Å². The minimum Gasteiger partial charge on any atom is -0.304 e. The van der Waals surface area contributed by atoms with Gasteiger partial charge >= 0.3 is 0 Å². The number of likely N-dealkylation sites (tertiary alicyclic amines) is 2. The van der Waals surface area contributed by atoms with Crippen molar-refractivity contribution in [1.82, 2.24) is 9.80 Å². The van der Waals surface area contributed by atoms with Gasteiger partial charge in [0.1, 0.15) is 0 Å². The third kappa shape index (κ3) is 3.96. The third-order valence-electron chi connectivity index (χ3n) is 5.00. The predicted molar refractivity (Wildman–Crippen MR) is 78.8 cm³/mol. The number of piperidine rings is 2. The molecule has 2 aliphatic rings. The van der Waals surface area contributed by atoms with Crippen LogP contribution < -0.4 is 0 Å². The number of hydrogen-bond donors (Lipinski definition) is 0. The SMILES string of the molecule is CCN1CCC(C2CCN(CC(C)C)CC2)CC1. The summed E-state index contributed by atoms with van der Waals surface area (Å²) in [4.78, 5) is 5.30. The van der Waals surface area contributed by atoms with Gasteiger partial charge in [0.25, 0.3) is 0 Å². The fourth-order valence-corrected chi connectivity index (χ4v) is 3.86. The van der Waals surface area contributed by atoms with Crippen molar-refractivity contribution in [3.05, 3.63) is 0 Å². The molecule has 2 nitrogen and oxygen atoms in total. The maximum absolute atomic E-state index is 2.68. The summed E-state index contributed by atoms with van der Waals surface area (Å²) in [5.41, 5.74) is 0. The van der Waals surface area contributed by atoms with Gasteiger partial charge in [0.15, 0.2) is 0 Å². The maximum atomic E-state index is 2.68. The number of nitrogens with zero attached hydrogens (tertiary/aromatic N) is 2. The van der Waals surface area contributed by atoms with Crippen molar-refractivity contribution in [2.24, 2.45) is 17.8 Å².